The van der Waals surface area contributed by atoms with E-state index in [1.54, 1.807) is 0 Å². The van der Waals surface area contributed by atoms with Gasteiger partial charge in [-0.1, -0.05) is 11.3 Å². The Bertz CT molecular complexity index is 388. The van der Waals surface area contributed by atoms with Gasteiger partial charge in [-0.25, -0.2) is 9.78 Å². The highest BCUT2D eigenvalue weighted by Crippen LogP contribution is 2.20. The van der Waals surface area contributed by atoms with Crippen molar-refractivity contribution in [3.8, 4) is 0 Å². The highest BCUT2D eigenvalue weighted by atomic mass is 32.1. The third-order valence-corrected chi connectivity index (χ3v) is 3.84. The molecule has 1 aliphatic heterocycles. The molecule has 0 aromatic carbocycles. The van der Waals surface area contributed by atoms with Crippen molar-refractivity contribution < 1.29 is 14.3 Å². The number of anilines is 1. The first kappa shape index (κ1) is 13.3. The van der Waals surface area contributed by atoms with Gasteiger partial charge < -0.3 is 14.8 Å². The van der Waals surface area contributed by atoms with E-state index >= 15 is 0 Å². The minimum atomic E-state index is -0.337. The Hall–Kier alpha value is -1.14. The molecule has 5 nitrogen and oxygen atoms in total. The number of hydrogen-bond acceptors (Lipinski definition) is 6. The van der Waals surface area contributed by atoms with Crippen LogP contribution < -0.4 is 5.32 Å². The van der Waals surface area contributed by atoms with Crippen molar-refractivity contribution in [2.75, 3.05) is 25.6 Å². The average Bonchev–Trinajstić information content (AvgIpc) is 2.88. The normalized spacial score (nSPS) is 19.5. The third kappa shape index (κ3) is 3.68. The van der Waals surface area contributed by atoms with Crippen molar-refractivity contribution >= 4 is 22.4 Å². The van der Waals surface area contributed by atoms with E-state index in [1.165, 1.54) is 37.5 Å². The van der Waals surface area contributed by atoms with Crippen LogP contribution in [0.5, 0.6) is 0 Å². The van der Waals surface area contributed by atoms with Crippen LogP contribution in [0.3, 0.4) is 0 Å². The van der Waals surface area contributed by atoms with E-state index in [2.05, 4.69) is 15.0 Å². The average molecular weight is 270 g/mol. The summed E-state index contributed by atoms with van der Waals surface area (Å²) < 4.78 is 10.3. The van der Waals surface area contributed by atoms with E-state index in [-0.39, 0.29) is 5.97 Å². The third-order valence-electron chi connectivity index (χ3n) is 2.91. The van der Waals surface area contributed by atoms with Crippen LogP contribution in [0.1, 0.15) is 35.4 Å². The number of carbonyl (C=O) groups is 1. The summed E-state index contributed by atoms with van der Waals surface area (Å²) in [5, 5.41) is 3.97. The fraction of sp³-hybridized carbons (Fsp3) is 0.667. The van der Waals surface area contributed by atoms with E-state index in [4.69, 9.17) is 4.74 Å². The van der Waals surface area contributed by atoms with Gasteiger partial charge in [0, 0.05) is 13.2 Å². The number of carbonyl (C=O) groups excluding carboxylic acids is 1. The Morgan fingerprint density at radius 3 is 3.28 bits per heavy atom. The minimum Gasteiger partial charge on any atom is -0.465 e. The minimum absolute atomic E-state index is 0.337. The van der Waals surface area contributed by atoms with Crippen LogP contribution in [0.15, 0.2) is 6.20 Å². The maximum atomic E-state index is 11.2. The van der Waals surface area contributed by atoms with E-state index in [1.807, 2.05) is 0 Å². The van der Waals surface area contributed by atoms with Crippen LogP contribution in [0.2, 0.25) is 0 Å². The molecule has 1 N–H and O–H groups in total. The number of nitrogens with one attached hydrogen (secondary N) is 1. The highest BCUT2D eigenvalue weighted by Gasteiger charge is 2.14. The quantitative estimate of drug-likeness (QED) is 0.832. The fourth-order valence-electron chi connectivity index (χ4n) is 1.93. The molecule has 1 aliphatic rings. The van der Waals surface area contributed by atoms with Gasteiger partial charge in [0.1, 0.15) is 4.88 Å². The summed E-state index contributed by atoms with van der Waals surface area (Å²) in [4.78, 5) is 15.9. The molecule has 0 radical (unpaired) electrons. The van der Waals surface area contributed by atoms with Gasteiger partial charge in [0.15, 0.2) is 5.13 Å². The molecule has 0 aliphatic carbocycles. The zero-order chi connectivity index (χ0) is 12.8. The number of esters is 1. The molecular formula is C12H18N2O3S. The van der Waals surface area contributed by atoms with Crippen molar-refractivity contribution in [1.82, 2.24) is 4.98 Å². The highest BCUT2D eigenvalue weighted by molar-refractivity contribution is 7.17. The Kier molecular flexibility index (Phi) is 4.95. The lowest BCUT2D eigenvalue weighted by Crippen LogP contribution is -2.21. The number of rotatable bonds is 5. The molecule has 1 atom stereocenters. The number of thiazole rings is 1. The topological polar surface area (TPSA) is 60.5 Å². The van der Waals surface area contributed by atoms with Crippen LogP contribution >= 0.6 is 11.3 Å². The largest absolute Gasteiger partial charge is 0.465 e. The monoisotopic (exact) mass is 270 g/mol. The second kappa shape index (κ2) is 6.70. The molecular weight excluding hydrogens is 252 g/mol. The Morgan fingerprint density at radius 2 is 2.56 bits per heavy atom. The van der Waals surface area contributed by atoms with Gasteiger partial charge >= 0.3 is 5.97 Å². The van der Waals surface area contributed by atoms with E-state index in [0.717, 1.165) is 31.1 Å². The second-order valence-corrected chi connectivity index (χ2v) is 5.26. The van der Waals surface area contributed by atoms with Gasteiger partial charge in [-0.15, -0.1) is 0 Å². The molecule has 0 saturated carbocycles. The molecule has 1 saturated heterocycles. The number of ether oxygens (including phenoxy) is 2. The lowest BCUT2D eigenvalue weighted by molar-refractivity contribution is 0.0134. The fourth-order valence-corrected chi connectivity index (χ4v) is 2.69. The van der Waals surface area contributed by atoms with Crippen molar-refractivity contribution in [3.05, 3.63) is 11.1 Å². The zero-order valence-corrected chi connectivity index (χ0v) is 11.3. The SMILES string of the molecule is COC(=O)c1cnc(NCCC2CCCCO2)s1. The van der Waals surface area contributed by atoms with Crippen molar-refractivity contribution in [3.63, 3.8) is 0 Å². The first-order valence-electron chi connectivity index (χ1n) is 6.19. The standard InChI is InChI=1S/C12H18N2O3S/c1-16-11(15)10-8-14-12(18-10)13-6-5-9-4-2-3-7-17-9/h8-9H,2-7H2,1H3,(H,13,14). The molecule has 18 heavy (non-hydrogen) atoms. The predicted octanol–water partition coefficient (Wildman–Crippen LogP) is 2.30. The molecule has 0 amide bonds. The van der Waals surface area contributed by atoms with Crippen molar-refractivity contribution in [2.45, 2.75) is 31.8 Å². The Labute approximate surface area is 111 Å². The maximum Gasteiger partial charge on any atom is 0.349 e. The van der Waals surface area contributed by atoms with Gasteiger partial charge in [0.2, 0.25) is 0 Å². The first-order chi connectivity index (χ1) is 8.79. The molecule has 2 rings (SSSR count). The van der Waals surface area contributed by atoms with Crippen molar-refractivity contribution in [2.24, 2.45) is 0 Å². The summed E-state index contributed by atoms with van der Waals surface area (Å²) in [6.07, 6.45) is 6.47. The summed E-state index contributed by atoms with van der Waals surface area (Å²) in [5.74, 6) is -0.337. The molecule has 2 heterocycles. The Balaban J connectivity index is 1.72. The van der Waals surface area contributed by atoms with Gasteiger partial charge in [-0.2, -0.15) is 0 Å². The van der Waals surface area contributed by atoms with E-state index in [0.29, 0.717) is 11.0 Å². The van der Waals surface area contributed by atoms with E-state index < -0.39 is 0 Å². The second-order valence-electron chi connectivity index (χ2n) is 4.23. The Morgan fingerprint density at radius 1 is 1.67 bits per heavy atom. The van der Waals surface area contributed by atoms with Crippen LogP contribution in [-0.2, 0) is 9.47 Å². The zero-order valence-electron chi connectivity index (χ0n) is 10.5. The summed E-state index contributed by atoms with van der Waals surface area (Å²) >= 11 is 1.31. The smallest absolute Gasteiger partial charge is 0.349 e. The molecule has 100 valence electrons. The number of nitrogens with zero attached hydrogens (tertiary/aromatic N) is 1. The molecule has 6 heteroatoms. The summed E-state index contributed by atoms with van der Waals surface area (Å²) in [6.45, 7) is 1.70. The van der Waals surface area contributed by atoms with Crippen LogP contribution in [0, 0.1) is 0 Å². The van der Waals surface area contributed by atoms with Gasteiger partial charge in [-0.3, -0.25) is 0 Å². The molecule has 1 unspecified atom stereocenters. The number of methoxy groups -OCH3 is 1. The van der Waals surface area contributed by atoms with Gasteiger partial charge in [-0.05, 0) is 25.7 Å². The first-order valence-corrected chi connectivity index (χ1v) is 7.01. The predicted molar refractivity (Wildman–Crippen MR) is 70.2 cm³/mol. The molecule has 1 fully saturated rings. The molecule has 1 aromatic rings. The van der Waals surface area contributed by atoms with Crippen molar-refractivity contribution in [1.29, 1.82) is 0 Å². The van der Waals surface area contributed by atoms with Crippen LogP contribution in [0.25, 0.3) is 0 Å². The maximum absolute atomic E-state index is 11.2. The summed E-state index contributed by atoms with van der Waals surface area (Å²) in [7, 11) is 1.37. The molecule has 0 bridgehead atoms. The lowest BCUT2D eigenvalue weighted by atomic mass is 10.1. The summed E-state index contributed by atoms with van der Waals surface area (Å²) in [6, 6.07) is 0. The van der Waals surface area contributed by atoms with Crippen LogP contribution in [0.4, 0.5) is 5.13 Å². The molecule has 0 spiro atoms. The van der Waals surface area contributed by atoms with Crippen LogP contribution in [-0.4, -0.2) is 37.3 Å². The lowest BCUT2D eigenvalue weighted by Gasteiger charge is -2.22. The summed E-state index contributed by atoms with van der Waals surface area (Å²) in [5.41, 5.74) is 0. The van der Waals surface area contributed by atoms with Gasteiger partial charge in [0.25, 0.3) is 0 Å². The number of aromatic nitrogens is 1. The van der Waals surface area contributed by atoms with Gasteiger partial charge in [0.05, 0.1) is 19.4 Å². The van der Waals surface area contributed by atoms with E-state index in [9.17, 15) is 4.79 Å². The molecule has 1 aromatic heterocycles. The number of hydrogen-bond donors (Lipinski definition) is 1.